The maximum atomic E-state index is 11.7. The van der Waals surface area contributed by atoms with Crippen molar-refractivity contribution in [3.63, 3.8) is 0 Å². The average molecular weight is 210 g/mol. The Morgan fingerprint density at radius 1 is 1.47 bits per heavy atom. The van der Waals surface area contributed by atoms with Crippen molar-refractivity contribution in [3.05, 3.63) is 24.2 Å². The molecular weight excluding hydrogens is 192 g/mol. The molecule has 0 aliphatic rings. The van der Waals surface area contributed by atoms with Crippen LogP contribution in [0.2, 0.25) is 0 Å². The molecule has 4 nitrogen and oxygen atoms in total. The van der Waals surface area contributed by atoms with E-state index in [1.807, 2.05) is 26.8 Å². The minimum Gasteiger partial charge on any atom is -0.467 e. The van der Waals surface area contributed by atoms with Crippen LogP contribution in [0.3, 0.4) is 0 Å². The second kappa shape index (κ2) is 4.98. The summed E-state index contributed by atoms with van der Waals surface area (Å²) in [6.07, 6.45) is 1.59. The second-order valence-electron chi connectivity index (χ2n) is 3.89. The van der Waals surface area contributed by atoms with Crippen LogP contribution in [-0.2, 0) is 4.79 Å². The van der Waals surface area contributed by atoms with E-state index >= 15 is 0 Å². The fourth-order valence-corrected chi connectivity index (χ4v) is 1.19. The van der Waals surface area contributed by atoms with Crippen molar-refractivity contribution in [2.24, 2.45) is 11.7 Å². The predicted octanol–water partition coefficient (Wildman–Crippen LogP) is 1.44. The molecule has 3 atom stereocenters. The minimum absolute atomic E-state index is 0.0473. The highest BCUT2D eigenvalue weighted by atomic mass is 16.3. The molecule has 2 unspecified atom stereocenters. The molecule has 0 aromatic carbocycles. The summed E-state index contributed by atoms with van der Waals surface area (Å²) >= 11 is 0. The molecule has 0 spiro atoms. The van der Waals surface area contributed by atoms with Gasteiger partial charge in [0.2, 0.25) is 5.91 Å². The van der Waals surface area contributed by atoms with Crippen LogP contribution in [0, 0.1) is 5.92 Å². The Labute approximate surface area is 89.8 Å². The first kappa shape index (κ1) is 11.8. The van der Waals surface area contributed by atoms with E-state index in [1.54, 1.807) is 12.3 Å². The fraction of sp³-hybridized carbons (Fsp3) is 0.545. The van der Waals surface area contributed by atoms with E-state index in [1.165, 1.54) is 0 Å². The molecule has 84 valence electrons. The van der Waals surface area contributed by atoms with Crippen molar-refractivity contribution in [2.75, 3.05) is 0 Å². The summed E-state index contributed by atoms with van der Waals surface area (Å²) in [6, 6.07) is 3.37. The second-order valence-corrected chi connectivity index (χ2v) is 3.89. The Kier molecular flexibility index (Phi) is 3.91. The van der Waals surface area contributed by atoms with Crippen molar-refractivity contribution in [1.29, 1.82) is 0 Å². The number of hydrogen-bond acceptors (Lipinski definition) is 3. The molecule has 3 N–H and O–H groups in total. The Morgan fingerprint density at radius 2 is 2.13 bits per heavy atom. The van der Waals surface area contributed by atoms with Crippen molar-refractivity contribution in [3.8, 4) is 0 Å². The fourth-order valence-electron chi connectivity index (χ4n) is 1.19. The monoisotopic (exact) mass is 210 g/mol. The first-order valence-corrected chi connectivity index (χ1v) is 5.11. The summed E-state index contributed by atoms with van der Waals surface area (Å²) in [5, 5.41) is 2.85. The highest BCUT2D eigenvalue weighted by Crippen LogP contribution is 2.13. The number of rotatable bonds is 4. The summed E-state index contributed by atoms with van der Waals surface area (Å²) < 4.78 is 5.19. The summed E-state index contributed by atoms with van der Waals surface area (Å²) in [7, 11) is 0. The standard InChI is InChI=1S/C11H18N2O2/c1-7(8(2)12)11(14)13-9(3)10-5-4-6-15-10/h4-9H,12H2,1-3H3,(H,13,14)/t7?,8?,9-/m0/s1. The summed E-state index contributed by atoms with van der Waals surface area (Å²) in [4.78, 5) is 11.7. The van der Waals surface area contributed by atoms with E-state index in [2.05, 4.69) is 5.32 Å². The van der Waals surface area contributed by atoms with Gasteiger partial charge in [0.25, 0.3) is 0 Å². The molecule has 0 saturated carbocycles. The molecular formula is C11H18N2O2. The summed E-state index contributed by atoms with van der Waals surface area (Å²) in [5.41, 5.74) is 5.65. The lowest BCUT2D eigenvalue weighted by atomic mass is 10.0. The molecule has 0 aliphatic carbocycles. The third-order valence-electron chi connectivity index (χ3n) is 2.53. The predicted molar refractivity (Wildman–Crippen MR) is 58.1 cm³/mol. The Morgan fingerprint density at radius 3 is 2.60 bits per heavy atom. The van der Waals surface area contributed by atoms with E-state index in [9.17, 15) is 4.79 Å². The number of carbonyl (C=O) groups excluding carboxylic acids is 1. The smallest absolute Gasteiger partial charge is 0.224 e. The number of hydrogen-bond donors (Lipinski definition) is 2. The van der Waals surface area contributed by atoms with E-state index in [4.69, 9.17) is 10.2 Å². The van der Waals surface area contributed by atoms with Gasteiger partial charge in [0, 0.05) is 12.0 Å². The average Bonchev–Trinajstić information content (AvgIpc) is 2.68. The molecule has 1 amide bonds. The Hall–Kier alpha value is -1.29. The van der Waals surface area contributed by atoms with Gasteiger partial charge in [-0.1, -0.05) is 6.92 Å². The van der Waals surface area contributed by atoms with Gasteiger partial charge in [0.05, 0.1) is 12.3 Å². The number of furan rings is 1. The highest BCUT2D eigenvalue weighted by molar-refractivity contribution is 5.79. The van der Waals surface area contributed by atoms with Gasteiger partial charge in [-0.3, -0.25) is 4.79 Å². The molecule has 1 rings (SSSR count). The number of amides is 1. The van der Waals surface area contributed by atoms with Crippen LogP contribution >= 0.6 is 0 Å². The first-order valence-electron chi connectivity index (χ1n) is 5.11. The normalized spacial score (nSPS) is 16.8. The van der Waals surface area contributed by atoms with E-state index in [-0.39, 0.29) is 23.9 Å². The van der Waals surface area contributed by atoms with E-state index in [0.29, 0.717) is 0 Å². The van der Waals surface area contributed by atoms with Gasteiger partial charge in [0.1, 0.15) is 5.76 Å². The molecule has 0 bridgehead atoms. The molecule has 0 radical (unpaired) electrons. The van der Waals surface area contributed by atoms with Crippen LogP contribution in [-0.4, -0.2) is 11.9 Å². The van der Waals surface area contributed by atoms with Crippen LogP contribution < -0.4 is 11.1 Å². The molecule has 1 aromatic heterocycles. The first-order chi connectivity index (χ1) is 7.02. The van der Waals surface area contributed by atoms with Crippen molar-refractivity contribution in [2.45, 2.75) is 32.9 Å². The topological polar surface area (TPSA) is 68.3 Å². The molecule has 0 aliphatic heterocycles. The zero-order valence-electron chi connectivity index (χ0n) is 9.36. The molecule has 15 heavy (non-hydrogen) atoms. The molecule has 4 heteroatoms. The van der Waals surface area contributed by atoms with Crippen molar-refractivity contribution >= 4 is 5.91 Å². The lowest BCUT2D eigenvalue weighted by Crippen LogP contribution is -2.39. The summed E-state index contributed by atoms with van der Waals surface area (Å²) in [5.74, 6) is 0.511. The molecule has 1 heterocycles. The number of nitrogens with one attached hydrogen (secondary N) is 1. The Bertz CT molecular complexity index is 306. The zero-order chi connectivity index (χ0) is 11.4. The zero-order valence-corrected chi connectivity index (χ0v) is 9.36. The van der Waals surface area contributed by atoms with Crippen molar-refractivity contribution in [1.82, 2.24) is 5.32 Å². The minimum atomic E-state index is -0.192. The van der Waals surface area contributed by atoms with Crippen LogP contribution in [0.15, 0.2) is 22.8 Å². The van der Waals surface area contributed by atoms with Crippen LogP contribution in [0.5, 0.6) is 0 Å². The van der Waals surface area contributed by atoms with E-state index in [0.717, 1.165) is 5.76 Å². The maximum absolute atomic E-state index is 11.7. The van der Waals surface area contributed by atoms with Gasteiger partial charge >= 0.3 is 0 Å². The lowest BCUT2D eigenvalue weighted by molar-refractivity contribution is -0.125. The molecule has 0 fully saturated rings. The summed E-state index contributed by atoms with van der Waals surface area (Å²) in [6.45, 7) is 5.52. The van der Waals surface area contributed by atoms with Crippen LogP contribution in [0.1, 0.15) is 32.6 Å². The van der Waals surface area contributed by atoms with Gasteiger partial charge in [0.15, 0.2) is 0 Å². The Balaban J connectivity index is 2.52. The number of carbonyl (C=O) groups is 1. The van der Waals surface area contributed by atoms with Gasteiger partial charge in [-0.2, -0.15) is 0 Å². The van der Waals surface area contributed by atoms with Crippen molar-refractivity contribution < 1.29 is 9.21 Å². The van der Waals surface area contributed by atoms with Gasteiger partial charge in [-0.15, -0.1) is 0 Å². The maximum Gasteiger partial charge on any atom is 0.224 e. The van der Waals surface area contributed by atoms with Gasteiger partial charge < -0.3 is 15.5 Å². The van der Waals surface area contributed by atoms with Gasteiger partial charge in [-0.25, -0.2) is 0 Å². The third-order valence-corrected chi connectivity index (χ3v) is 2.53. The molecule has 0 saturated heterocycles. The van der Waals surface area contributed by atoms with Crippen LogP contribution in [0.4, 0.5) is 0 Å². The molecule has 1 aromatic rings. The van der Waals surface area contributed by atoms with E-state index < -0.39 is 0 Å². The highest BCUT2D eigenvalue weighted by Gasteiger charge is 2.19. The SMILES string of the molecule is CC(N)C(C)C(=O)N[C@@H](C)c1ccco1. The third kappa shape index (κ3) is 3.09. The van der Waals surface area contributed by atoms with Crippen LogP contribution in [0.25, 0.3) is 0 Å². The number of nitrogens with two attached hydrogens (primary N) is 1. The van der Waals surface area contributed by atoms with Gasteiger partial charge in [-0.05, 0) is 26.0 Å². The quantitative estimate of drug-likeness (QED) is 0.790. The lowest BCUT2D eigenvalue weighted by Gasteiger charge is -2.18. The largest absolute Gasteiger partial charge is 0.467 e.